The molecule has 1 saturated carbocycles. The van der Waals surface area contributed by atoms with Crippen molar-refractivity contribution >= 4 is 75.4 Å². The van der Waals surface area contributed by atoms with Crippen LogP contribution in [0.15, 0.2) is 78.9 Å². The molecule has 0 unspecified atom stereocenters. The second-order valence-corrected chi connectivity index (χ2v) is 12.8. The number of hydrogen-bond acceptors (Lipinski definition) is 4. The van der Waals surface area contributed by atoms with Crippen LogP contribution in [0.3, 0.4) is 0 Å². The molecule has 1 aromatic heterocycles. The average molecular weight is 597 g/mol. The van der Waals surface area contributed by atoms with Crippen molar-refractivity contribution in [2.24, 2.45) is 5.92 Å². The zero-order valence-corrected chi connectivity index (χ0v) is 27.1. The summed E-state index contributed by atoms with van der Waals surface area (Å²) >= 11 is 8.26. The number of esters is 1. The summed E-state index contributed by atoms with van der Waals surface area (Å²) in [5, 5.41) is 2.16. The molecule has 6 heteroatoms. The van der Waals surface area contributed by atoms with E-state index < -0.39 is 5.60 Å². The minimum absolute atomic E-state index is 0. The van der Waals surface area contributed by atoms with Crippen LogP contribution >= 0.6 is 23.4 Å². The summed E-state index contributed by atoms with van der Waals surface area (Å²) in [6.45, 7) is 5.42. The second kappa shape index (κ2) is 14.2. The molecule has 0 N–H and O–H groups in total. The van der Waals surface area contributed by atoms with Crippen molar-refractivity contribution in [1.82, 2.24) is 4.98 Å². The van der Waals surface area contributed by atoms with E-state index in [2.05, 4.69) is 72.4 Å². The standard InChI is InChI=1S/C35H36ClNO2S.Mg.2H/c1-24(38)39-35(2,3)32-10-5-4-8-27(32)16-20-34(40-23-26-11-12-26)29-9-6-7-25(21-29)13-18-31-19-15-28-14-17-30(36)22-33(28)37-31;;;/h4-10,13-15,17-19,21-22,26,34H,11-12,16,20,23H2,1-3H3;;;/q;+2;2*-1/t34-;;;/m1.../s1. The molecule has 0 spiro atoms. The topological polar surface area (TPSA) is 39.2 Å². The molecule has 1 heterocycles. The first kappa shape index (κ1) is 31.6. The molecule has 210 valence electrons. The number of aryl methyl sites for hydroxylation is 1. The van der Waals surface area contributed by atoms with Crippen LogP contribution in [0.1, 0.15) is 76.1 Å². The van der Waals surface area contributed by atoms with Crippen molar-refractivity contribution in [3.05, 3.63) is 112 Å². The van der Waals surface area contributed by atoms with Crippen molar-refractivity contribution < 1.29 is 12.4 Å². The summed E-state index contributed by atoms with van der Waals surface area (Å²) in [4.78, 5) is 16.5. The third-order valence-corrected chi connectivity index (χ3v) is 9.18. The first-order chi connectivity index (χ1) is 19.3. The quantitative estimate of drug-likeness (QED) is 0.128. The molecule has 5 rings (SSSR count). The van der Waals surface area contributed by atoms with E-state index in [9.17, 15) is 4.79 Å². The third-order valence-electron chi connectivity index (χ3n) is 7.38. The third kappa shape index (κ3) is 8.84. The molecule has 41 heavy (non-hydrogen) atoms. The van der Waals surface area contributed by atoms with E-state index in [4.69, 9.17) is 21.3 Å². The van der Waals surface area contributed by atoms with Gasteiger partial charge in [-0.1, -0.05) is 78.3 Å². The number of benzene rings is 3. The Morgan fingerprint density at radius 2 is 1.85 bits per heavy atom. The predicted octanol–water partition coefficient (Wildman–Crippen LogP) is 9.52. The summed E-state index contributed by atoms with van der Waals surface area (Å²) in [5.41, 5.74) is 5.98. The second-order valence-electron chi connectivity index (χ2n) is 11.1. The van der Waals surface area contributed by atoms with E-state index in [1.165, 1.54) is 42.2 Å². The van der Waals surface area contributed by atoms with Gasteiger partial charge in [0.05, 0.1) is 11.2 Å². The Kier molecular flexibility index (Phi) is 11.0. The molecule has 0 saturated heterocycles. The molecule has 0 radical (unpaired) electrons. The van der Waals surface area contributed by atoms with Gasteiger partial charge in [0.2, 0.25) is 0 Å². The zero-order valence-electron chi connectivity index (χ0n) is 26.1. The Hall–Kier alpha value is -2.31. The minimum atomic E-state index is -0.661. The van der Waals surface area contributed by atoms with Gasteiger partial charge in [-0.05, 0) is 97.7 Å². The maximum atomic E-state index is 11.8. The summed E-state index contributed by atoms with van der Waals surface area (Å²) in [6, 6.07) is 27.2. The molecule has 1 aliphatic rings. The van der Waals surface area contributed by atoms with Crippen LogP contribution in [0.5, 0.6) is 0 Å². The number of pyridine rings is 1. The Balaban J connectivity index is 0.00000215. The largest absolute Gasteiger partial charge is 2.00 e. The number of carbonyl (C=O) groups is 1. The number of aromatic nitrogens is 1. The van der Waals surface area contributed by atoms with Crippen molar-refractivity contribution in [2.45, 2.75) is 57.3 Å². The number of fused-ring (bicyclic) bond motifs is 1. The van der Waals surface area contributed by atoms with E-state index >= 15 is 0 Å². The molecule has 1 fully saturated rings. The molecule has 0 aliphatic heterocycles. The van der Waals surface area contributed by atoms with Gasteiger partial charge < -0.3 is 7.59 Å². The number of ether oxygens (including phenoxy) is 1. The first-order valence-corrected chi connectivity index (χ1v) is 15.4. The molecule has 1 aliphatic carbocycles. The van der Waals surface area contributed by atoms with Crippen molar-refractivity contribution in [1.29, 1.82) is 0 Å². The van der Waals surface area contributed by atoms with Gasteiger partial charge in [-0.25, -0.2) is 4.98 Å². The van der Waals surface area contributed by atoms with Crippen molar-refractivity contribution in [3.63, 3.8) is 0 Å². The summed E-state index contributed by atoms with van der Waals surface area (Å²) in [6.07, 6.45) is 8.86. The zero-order chi connectivity index (χ0) is 28.1. The number of rotatable bonds is 11. The SMILES string of the molecule is CC(=O)OC(C)(C)c1ccccc1CC[C@@H](SCC1CC1)c1cccc(C=Cc2ccc3ccc(Cl)cc3n2)c1.[H-].[H-].[Mg+2]. The van der Waals surface area contributed by atoms with Gasteiger partial charge in [0.25, 0.3) is 0 Å². The van der Waals surface area contributed by atoms with Crippen LogP contribution in [-0.2, 0) is 21.6 Å². The molecule has 3 aromatic carbocycles. The monoisotopic (exact) mass is 595 g/mol. The van der Waals surface area contributed by atoms with E-state index in [1.54, 1.807) is 0 Å². The number of nitrogens with zero attached hydrogens (tertiary/aromatic N) is 1. The summed E-state index contributed by atoms with van der Waals surface area (Å²) < 4.78 is 5.69. The molecule has 3 nitrogen and oxygen atoms in total. The Bertz CT molecular complexity index is 1540. The van der Waals surface area contributed by atoms with Crippen LogP contribution in [-0.4, -0.2) is 39.8 Å². The van der Waals surface area contributed by atoms with Crippen LogP contribution in [0.25, 0.3) is 23.1 Å². The van der Waals surface area contributed by atoms with Gasteiger partial charge in [-0.15, -0.1) is 0 Å². The van der Waals surface area contributed by atoms with Gasteiger partial charge in [-0.3, -0.25) is 4.79 Å². The van der Waals surface area contributed by atoms with Gasteiger partial charge >= 0.3 is 29.0 Å². The summed E-state index contributed by atoms with van der Waals surface area (Å²) in [5.74, 6) is 1.80. The van der Waals surface area contributed by atoms with Crippen LogP contribution < -0.4 is 0 Å². The maximum Gasteiger partial charge on any atom is 2.00 e. The number of thioether (sulfide) groups is 1. The average Bonchev–Trinajstić information content (AvgIpc) is 3.76. The molecule has 1 atom stereocenters. The first-order valence-electron chi connectivity index (χ1n) is 14.0. The fourth-order valence-electron chi connectivity index (χ4n) is 5.15. The van der Waals surface area contributed by atoms with Gasteiger partial charge in [-0.2, -0.15) is 11.8 Å². The van der Waals surface area contributed by atoms with Crippen LogP contribution in [0, 0.1) is 5.92 Å². The van der Waals surface area contributed by atoms with E-state index in [1.807, 2.05) is 44.2 Å². The predicted molar refractivity (Wildman–Crippen MR) is 178 cm³/mol. The van der Waals surface area contributed by atoms with Gasteiger partial charge in [0.1, 0.15) is 5.60 Å². The molecule has 0 bridgehead atoms. The Morgan fingerprint density at radius 1 is 1.07 bits per heavy atom. The van der Waals surface area contributed by atoms with Gasteiger partial charge in [0.15, 0.2) is 0 Å². The number of hydrogen-bond donors (Lipinski definition) is 0. The molecule has 0 amide bonds. The van der Waals surface area contributed by atoms with Crippen molar-refractivity contribution in [2.75, 3.05) is 5.75 Å². The number of carbonyl (C=O) groups excluding carboxylic acids is 1. The maximum absolute atomic E-state index is 11.8. The Morgan fingerprint density at radius 3 is 2.63 bits per heavy atom. The van der Waals surface area contributed by atoms with Gasteiger partial charge in [0, 0.05) is 22.6 Å². The fourth-order valence-corrected chi connectivity index (χ4v) is 6.78. The minimum Gasteiger partial charge on any atom is -1.00 e. The molecular weight excluding hydrogens is 558 g/mol. The van der Waals surface area contributed by atoms with Crippen molar-refractivity contribution in [3.8, 4) is 0 Å². The van der Waals surface area contributed by atoms with E-state index in [-0.39, 0.29) is 31.9 Å². The molecule has 4 aromatic rings. The normalized spacial score (nSPS) is 14.1. The Labute approximate surface area is 272 Å². The smallest absolute Gasteiger partial charge is 1.00 e. The van der Waals surface area contributed by atoms with E-state index in [0.717, 1.165) is 40.9 Å². The summed E-state index contributed by atoms with van der Waals surface area (Å²) in [7, 11) is 0. The van der Waals surface area contributed by atoms with Crippen LogP contribution in [0.4, 0.5) is 0 Å². The van der Waals surface area contributed by atoms with Crippen LogP contribution in [0.2, 0.25) is 5.02 Å². The van der Waals surface area contributed by atoms with E-state index in [0.29, 0.717) is 10.3 Å². The fraction of sp³-hybridized carbons (Fsp3) is 0.314. The molecular formula is C35H38ClMgNO2S. The number of halogens is 1.